The maximum absolute atomic E-state index is 6.04. The number of nitrogens with zero attached hydrogens (tertiary/aromatic N) is 1. The summed E-state index contributed by atoms with van der Waals surface area (Å²) in [6.45, 7) is 5.89. The molecular formula is C15H23ClN2O. The standard InChI is InChI=1S/C15H23ClN2O/c16-13-15(12-14-4-2-1-3-5-14)17-6-7-18-8-10-19-11-9-18/h1-5,15,17H,6-13H2. The highest BCUT2D eigenvalue weighted by Crippen LogP contribution is 2.04. The molecule has 0 aliphatic carbocycles. The monoisotopic (exact) mass is 282 g/mol. The molecule has 0 bridgehead atoms. The number of rotatable bonds is 7. The molecule has 1 aliphatic rings. The van der Waals surface area contributed by atoms with Crippen LogP contribution in [0.3, 0.4) is 0 Å². The number of benzene rings is 1. The predicted octanol–water partition coefficient (Wildman–Crippen LogP) is 1.76. The van der Waals surface area contributed by atoms with Gasteiger partial charge in [-0.05, 0) is 12.0 Å². The van der Waals surface area contributed by atoms with Crippen LogP contribution in [0.15, 0.2) is 30.3 Å². The number of ether oxygens (including phenoxy) is 1. The molecule has 1 saturated heterocycles. The first-order valence-corrected chi connectivity index (χ1v) is 7.55. The molecule has 0 spiro atoms. The zero-order valence-electron chi connectivity index (χ0n) is 11.4. The smallest absolute Gasteiger partial charge is 0.0594 e. The number of alkyl halides is 1. The van der Waals surface area contributed by atoms with Gasteiger partial charge in [0.25, 0.3) is 0 Å². The second-order valence-corrected chi connectivity index (χ2v) is 5.26. The van der Waals surface area contributed by atoms with Gasteiger partial charge in [0.05, 0.1) is 13.2 Å². The fourth-order valence-corrected chi connectivity index (χ4v) is 2.55. The molecule has 1 N–H and O–H groups in total. The summed E-state index contributed by atoms with van der Waals surface area (Å²) in [6, 6.07) is 10.9. The van der Waals surface area contributed by atoms with Gasteiger partial charge in [0.2, 0.25) is 0 Å². The minimum absolute atomic E-state index is 0.352. The van der Waals surface area contributed by atoms with E-state index in [9.17, 15) is 0 Å². The van der Waals surface area contributed by atoms with Crippen molar-refractivity contribution in [3.63, 3.8) is 0 Å². The van der Waals surface area contributed by atoms with E-state index in [0.717, 1.165) is 45.8 Å². The van der Waals surface area contributed by atoms with Crippen LogP contribution in [0.2, 0.25) is 0 Å². The van der Waals surface area contributed by atoms with E-state index in [-0.39, 0.29) is 0 Å². The van der Waals surface area contributed by atoms with E-state index < -0.39 is 0 Å². The van der Waals surface area contributed by atoms with E-state index in [4.69, 9.17) is 16.3 Å². The van der Waals surface area contributed by atoms with Crippen LogP contribution in [-0.4, -0.2) is 56.2 Å². The van der Waals surface area contributed by atoms with Crippen molar-refractivity contribution in [3.8, 4) is 0 Å². The van der Waals surface area contributed by atoms with Gasteiger partial charge in [-0.25, -0.2) is 0 Å². The molecule has 0 amide bonds. The summed E-state index contributed by atoms with van der Waals surface area (Å²) in [5.41, 5.74) is 1.34. The molecule has 4 heteroatoms. The molecule has 19 heavy (non-hydrogen) atoms. The average molecular weight is 283 g/mol. The molecule has 106 valence electrons. The topological polar surface area (TPSA) is 24.5 Å². The van der Waals surface area contributed by atoms with Crippen LogP contribution in [-0.2, 0) is 11.2 Å². The van der Waals surface area contributed by atoms with Crippen molar-refractivity contribution < 1.29 is 4.74 Å². The molecule has 2 rings (SSSR count). The largest absolute Gasteiger partial charge is 0.379 e. The van der Waals surface area contributed by atoms with Gasteiger partial charge < -0.3 is 10.1 Å². The molecule has 0 aromatic heterocycles. The minimum Gasteiger partial charge on any atom is -0.379 e. The lowest BCUT2D eigenvalue weighted by Gasteiger charge is -2.27. The fraction of sp³-hybridized carbons (Fsp3) is 0.600. The van der Waals surface area contributed by atoms with Crippen molar-refractivity contribution in [3.05, 3.63) is 35.9 Å². The minimum atomic E-state index is 0.352. The number of halogens is 1. The summed E-state index contributed by atoms with van der Waals surface area (Å²) in [6.07, 6.45) is 0.994. The predicted molar refractivity (Wildman–Crippen MR) is 79.9 cm³/mol. The average Bonchev–Trinajstić information content (AvgIpc) is 2.48. The Hall–Kier alpha value is -0.610. The van der Waals surface area contributed by atoms with Gasteiger partial charge in [0.15, 0.2) is 0 Å². The number of morpholine rings is 1. The molecule has 1 aliphatic heterocycles. The molecule has 1 aromatic rings. The SMILES string of the molecule is ClCC(Cc1ccccc1)NCCN1CCOCC1. The van der Waals surface area contributed by atoms with Gasteiger partial charge >= 0.3 is 0 Å². The van der Waals surface area contributed by atoms with Crippen molar-refractivity contribution in [1.29, 1.82) is 0 Å². The van der Waals surface area contributed by atoms with E-state index in [1.165, 1.54) is 5.56 Å². The molecular weight excluding hydrogens is 260 g/mol. The Labute approximate surface area is 120 Å². The second-order valence-electron chi connectivity index (χ2n) is 4.95. The van der Waals surface area contributed by atoms with Crippen LogP contribution in [0.25, 0.3) is 0 Å². The third kappa shape index (κ3) is 5.49. The van der Waals surface area contributed by atoms with Crippen LogP contribution in [0.1, 0.15) is 5.56 Å². The highest BCUT2D eigenvalue weighted by atomic mass is 35.5. The molecule has 1 heterocycles. The molecule has 0 saturated carbocycles. The summed E-state index contributed by atoms with van der Waals surface area (Å²) in [4.78, 5) is 2.43. The summed E-state index contributed by atoms with van der Waals surface area (Å²) < 4.78 is 5.34. The van der Waals surface area contributed by atoms with E-state index in [0.29, 0.717) is 11.9 Å². The third-order valence-electron chi connectivity index (χ3n) is 3.48. The second kappa shape index (κ2) is 8.54. The normalized spacial score (nSPS) is 18.4. The Kier molecular flexibility index (Phi) is 6.65. The number of hydrogen-bond acceptors (Lipinski definition) is 3. The summed E-state index contributed by atoms with van der Waals surface area (Å²) in [5, 5.41) is 3.55. The van der Waals surface area contributed by atoms with Gasteiger partial charge in [-0.2, -0.15) is 0 Å². The van der Waals surface area contributed by atoms with Crippen LogP contribution in [0, 0.1) is 0 Å². The van der Waals surface area contributed by atoms with E-state index >= 15 is 0 Å². The first-order valence-electron chi connectivity index (χ1n) is 7.02. The lowest BCUT2D eigenvalue weighted by Crippen LogP contribution is -2.43. The molecule has 1 fully saturated rings. The van der Waals surface area contributed by atoms with Crippen LogP contribution in [0.4, 0.5) is 0 Å². The highest BCUT2D eigenvalue weighted by Gasteiger charge is 2.11. The van der Waals surface area contributed by atoms with Crippen LogP contribution < -0.4 is 5.32 Å². The van der Waals surface area contributed by atoms with Gasteiger partial charge in [-0.3, -0.25) is 4.90 Å². The first kappa shape index (κ1) is 14.8. The van der Waals surface area contributed by atoms with Crippen molar-refractivity contribution >= 4 is 11.6 Å². The Morgan fingerprint density at radius 1 is 1.21 bits per heavy atom. The van der Waals surface area contributed by atoms with Crippen molar-refractivity contribution in [1.82, 2.24) is 10.2 Å². The van der Waals surface area contributed by atoms with Crippen LogP contribution >= 0.6 is 11.6 Å². The molecule has 1 atom stereocenters. The van der Waals surface area contributed by atoms with E-state index in [1.54, 1.807) is 0 Å². The van der Waals surface area contributed by atoms with Gasteiger partial charge in [-0.15, -0.1) is 11.6 Å². The lowest BCUT2D eigenvalue weighted by molar-refractivity contribution is 0.0382. The van der Waals surface area contributed by atoms with Gasteiger partial charge in [0.1, 0.15) is 0 Å². The maximum Gasteiger partial charge on any atom is 0.0594 e. The first-order chi connectivity index (χ1) is 9.38. The summed E-state index contributed by atoms with van der Waals surface area (Å²) >= 11 is 6.04. The van der Waals surface area contributed by atoms with E-state index in [1.807, 2.05) is 6.07 Å². The van der Waals surface area contributed by atoms with Crippen molar-refractivity contribution in [2.45, 2.75) is 12.5 Å². The van der Waals surface area contributed by atoms with Gasteiger partial charge in [-0.1, -0.05) is 30.3 Å². The summed E-state index contributed by atoms with van der Waals surface area (Å²) in [7, 11) is 0. The zero-order chi connectivity index (χ0) is 13.3. The molecule has 3 nitrogen and oxygen atoms in total. The Morgan fingerprint density at radius 2 is 1.95 bits per heavy atom. The molecule has 1 aromatic carbocycles. The number of hydrogen-bond donors (Lipinski definition) is 1. The molecule has 0 radical (unpaired) electrons. The highest BCUT2D eigenvalue weighted by molar-refractivity contribution is 6.18. The molecule has 1 unspecified atom stereocenters. The Morgan fingerprint density at radius 3 is 2.63 bits per heavy atom. The van der Waals surface area contributed by atoms with Gasteiger partial charge in [0, 0.05) is 38.1 Å². The van der Waals surface area contributed by atoms with Crippen LogP contribution in [0.5, 0.6) is 0 Å². The maximum atomic E-state index is 6.04. The quantitative estimate of drug-likeness (QED) is 0.772. The Bertz CT molecular complexity index is 341. The van der Waals surface area contributed by atoms with Crippen molar-refractivity contribution in [2.24, 2.45) is 0 Å². The summed E-state index contributed by atoms with van der Waals surface area (Å²) in [5.74, 6) is 0.651. The fourth-order valence-electron chi connectivity index (χ4n) is 2.33. The third-order valence-corrected chi connectivity index (χ3v) is 3.85. The van der Waals surface area contributed by atoms with Crippen molar-refractivity contribution in [2.75, 3.05) is 45.3 Å². The Balaban J connectivity index is 1.67. The lowest BCUT2D eigenvalue weighted by atomic mass is 10.1. The van der Waals surface area contributed by atoms with E-state index in [2.05, 4.69) is 34.5 Å². The number of nitrogens with one attached hydrogen (secondary N) is 1. The zero-order valence-corrected chi connectivity index (χ0v) is 12.1.